The summed E-state index contributed by atoms with van der Waals surface area (Å²) in [6, 6.07) is 10.8. The van der Waals surface area contributed by atoms with Crippen molar-refractivity contribution in [3.05, 3.63) is 44.8 Å². The summed E-state index contributed by atoms with van der Waals surface area (Å²) < 4.78 is 2.35. The number of nitrogens with one attached hydrogen (secondary N) is 1. The number of benzene rings is 2. The molecule has 23 heavy (non-hydrogen) atoms. The average molecular weight is 437 g/mol. The molecular formula is C20H23Br2N. The van der Waals surface area contributed by atoms with Crippen LogP contribution in [0.4, 0.5) is 0 Å². The number of rotatable bonds is 7. The molecule has 0 spiro atoms. The third kappa shape index (κ3) is 3.66. The van der Waals surface area contributed by atoms with Crippen molar-refractivity contribution in [2.45, 2.75) is 51.9 Å². The van der Waals surface area contributed by atoms with Gasteiger partial charge in [-0.2, -0.15) is 0 Å². The van der Waals surface area contributed by atoms with E-state index >= 15 is 0 Å². The van der Waals surface area contributed by atoms with E-state index in [4.69, 9.17) is 0 Å². The van der Waals surface area contributed by atoms with E-state index in [1.165, 1.54) is 70.4 Å². The van der Waals surface area contributed by atoms with E-state index in [-0.39, 0.29) is 0 Å². The number of hydrogen-bond acceptors (Lipinski definition) is 0. The fraction of sp³-hybridized carbons (Fsp3) is 0.400. The fourth-order valence-electron chi connectivity index (χ4n) is 3.31. The van der Waals surface area contributed by atoms with Crippen LogP contribution in [0.3, 0.4) is 0 Å². The molecule has 1 aromatic heterocycles. The molecule has 0 amide bonds. The van der Waals surface area contributed by atoms with Gasteiger partial charge in [0, 0.05) is 25.2 Å². The summed E-state index contributed by atoms with van der Waals surface area (Å²) in [5.74, 6) is 0. The lowest BCUT2D eigenvalue weighted by Gasteiger charge is -2.09. The zero-order valence-corrected chi connectivity index (χ0v) is 16.8. The van der Waals surface area contributed by atoms with Gasteiger partial charge in [-0.15, -0.1) is 0 Å². The average Bonchev–Trinajstić information content (AvgIpc) is 2.92. The summed E-state index contributed by atoms with van der Waals surface area (Å²) in [5, 5.41) is 2.62. The summed E-state index contributed by atoms with van der Waals surface area (Å²) in [6.07, 6.45) is 9.10. The third-order valence-electron chi connectivity index (χ3n) is 4.57. The highest BCUT2D eigenvalue weighted by Gasteiger charge is 2.14. The molecule has 0 aliphatic carbocycles. The molecule has 0 fully saturated rings. The molecule has 3 aromatic rings. The lowest BCUT2D eigenvalue weighted by Crippen LogP contribution is -1.91. The Labute approximate surface area is 155 Å². The number of halogens is 2. The monoisotopic (exact) mass is 435 g/mol. The standard InChI is InChI=1S/C20H23Br2N/c1-2-3-4-5-6-7-11-15-19(22)17(21)13-16-14-10-8-9-12-18(14)23-20(15)16/h8-10,12-13,23H,2-7,11H2,1H3. The SMILES string of the molecule is CCCCCCCCc1c(Br)c(Br)cc2c1[nH]c1ccccc12. The van der Waals surface area contributed by atoms with Crippen LogP contribution in [-0.2, 0) is 6.42 Å². The van der Waals surface area contributed by atoms with Gasteiger partial charge in [0.2, 0.25) is 0 Å². The number of para-hydroxylation sites is 1. The number of H-pyrrole nitrogens is 1. The Bertz CT molecular complexity index is 804. The molecule has 0 aliphatic heterocycles. The first kappa shape index (κ1) is 17.0. The minimum Gasteiger partial charge on any atom is -0.354 e. The van der Waals surface area contributed by atoms with Crippen LogP contribution < -0.4 is 0 Å². The van der Waals surface area contributed by atoms with Gasteiger partial charge in [0.15, 0.2) is 0 Å². The normalized spacial score (nSPS) is 11.6. The number of unbranched alkanes of at least 4 members (excludes halogenated alkanes) is 5. The second-order valence-electron chi connectivity index (χ2n) is 6.26. The Morgan fingerprint density at radius 3 is 2.48 bits per heavy atom. The summed E-state index contributed by atoms with van der Waals surface area (Å²) in [4.78, 5) is 3.63. The first-order chi connectivity index (χ1) is 11.2. The number of hydrogen-bond donors (Lipinski definition) is 1. The molecule has 0 saturated heterocycles. The second-order valence-corrected chi connectivity index (χ2v) is 7.91. The summed E-state index contributed by atoms with van der Waals surface area (Å²) in [6.45, 7) is 2.27. The van der Waals surface area contributed by atoms with Crippen LogP contribution in [0.1, 0.15) is 51.0 Å². The van der Waals surface area contributed by atoms with Crippen LogP contribution in [0.5, 0.6) is 0 Å². The summed E-state index contributed by atoms with van der Waals surface area (Å²) in [5.41, 5.74) is 3.91. The van der Waals surface area contributed by atoms with E-state index in [9.17, 15) is 0 Å². The minimum atomic E-state index is 1.12. The van der Waals surface area contributed by atoms with Gasteiger partial charge in [-0.25, -0.2) is 0 Å². The third-order valence-corrected chi connectivity index (χ3v) is 6.64. The maximum absolute atomic E-state index is 3.79. The number of aryl methyl sites for hydroxylation is 1. The number of aromatic amines is 1. The highest BCUT2D eigenvalue weighted by molar-refractivity contribution is 9.13. The van der Waals surface area contributed by atoms with Gasteiger partial charge < -0.3 is 4.98 Å². The number of aromatic nitrogens is 1. The van der Waals surface area contributed by atoms with Crippen LogP contribution in [-0.4, -0.2) is 4.98 Å². The van der Waals surface area contributed by atoms with E-state index in [1.54, 1.807) is 0 Å². The first-order valence-corrected chi connectivity index (χ1v) is 10.2. The fourth-order valence-corrected chi connectivity index (χ4v) is 4.29. The Kier molecular flexibility index (Phi) is 5.81. The van der Waals surface area contributed by atoms with Crippen LogP contribution in [0, 0.1) is 0 Å². The van der Waals surface area contributed by atoms with Gasteiger partial charge in [0.25, 0.3) is 0 Å². The predicted octanol–water partition coefficient (Wildman–Crippen LogP) is 7.75. The maximum Gasteiger partial charge on any atom is 0.0509 e. The Hall–Kier alpha value is -0.800. The molecule has 0 bridgehead atoms. The zero-order valence-electron chi connectivity index (χ0n) is 13.6. The topological polar surface area (TPSA) is 15.8 Å². The molecule has 0 aliphatic rings. The van der Waals surface area contributed by atoms with Crippen molar-refractivity contribution in [2.75, 3.05) is 0 Å². The molecule has 1 N–H and O–H groups in total. The van der Waals surface area contributed by atoms with Crippen molar-refractivity contribution >= 4 is 53.7 Å². The largest absolute Gasteiger partial charge is 0.354 e. The van der Waals surface area contributed by atoms with Gasteiger partial charge in [-0.3, -0.25) is 0 Å². The molecule has 1 nitrogen and oxygen atoms in total. The van der Waals surface area contributed by atoms with Gasteiger partial charge in [-0.1, -0.05) is 57.2 Å². The highest BCUT2D eigenvalue weighted by atomic mass is 79.9. The van der Waals surface area contributed by atoms with E-state index in [0.717, 1.165) is 10.9 Å². The predicted molar refractivity (Wildman–Crippen MR) is 108 cm³/mol. The van der Waals surface area contributed by atoms with Crippen LogP contribution in [0.2, 0.25) is 0 Å². The molecule has 1 heterocycles. The lowest BCUT2D eigenvalue weighted by atomic mass is 10.0. The van der Waals surface area contributed by atoms with Crippen molar-refractivity contribution in [1.29, 1.82) is 0 Å². The summed E-state index contributed by atoms with van der Waals surface area (Å²) in [7, 11) is 0. The number of fused-ring (bicyclic) bond motifs is 3. The Balaban J connectivity index is 1.87. The van der Waals surface area contributed by atoms with Crippen molar-refractivity contribution in [2.24, 2.45) is 0 Å². The minimum absolute atomic E-state index is 1.12. The zero-order chi connectivity index (χ0) is 16.2. The molecule has 3 rings (SSSR count). The van der Waals surface area contributed by atoms with Crippen molar-refractivity contribution in [1.82, 2.24) is 4.98 Å². The molecular weight excluding hydrogens is 414 g/mol. The highest BCUT2D eigenvalue weighted by Crippen LogP contribution is 2.37. The van der Waals surface area contributed by atoms with E-state index in [2.05, 4.69) is 74.1 Å². The van der Waals surface area contributed by atoms with Crippen LogP contribution in [0.15, 0.2) is 39.3 Å². The van der Waals surface area contributed by atoms with E-state index < -0.39 is 0 Å². The molecule has 0 unspecified atom stereocenters. The van der Waals surface area contributed by atoms with Crippen molar-refractivity contribution < 1.29 is 0 Å². The molecule has 2 aromatic carbocycles. The van der Waals surface area contributed by atoms with Crippen LogP contribution in [0.25, 0.3) is 21.8 Å². The Morgan fingerprint density at radius 1 is 0.913 bits per heavy atom. The molecule has 3 heteroatoms. The molecule has 0 atom stereocenters. The maximum atomic E-state index is 3.79. The molecule has 0 saturated carbocycles. The lowest BCUT2D eigenvalue weighted by molar-refractivity contribution is 0.607. The first-order valence-electron chi connectivity index (χ1n) is 8.59. The summed E-state index contributed by atoms with van der Waals surface area (Å²) >= 11 is 7.51. The molecule has 0 radical (unpaired) electrons. The Morgan fingerprint density at radius 2 is 1.65 bits per heavy atom. The van der Waals surface area contributed by atoms with E-state index in [0.29, 0.717) is 0 Å². The van der Waals surface area contributed by atoms with Gasteiger partial charge >= 0.3 is 0 Å². The van der Waals surface area contributed by atoms with Gasteiger partial charge in [-0.05, 0) is 62.4 Å². The van der Waals surface area contributed by atoms with Crippen molar-refractivity contribution in [3.8, 4) is 0 Å². The quantitative estimate of drug-likeness (QED) is 0.364. The second kappa shape index (κ2) is 7.85. The smallest absolute Gasteiger partial charge is 0.0509 e. The van der Waals surface area contributed by atoms with Gasteiger partial charge in [0.1, 0.15) is 0 Å². The van der Waals surface area contributed by atoms with E-state index in [1.807, 2.05) is 0 Å². The van der Waals surface area contributed by atoms with Gasteiger partial charge in [0.05, 0.1) is 5.52 Å². The molecule has 122 valence electrons. The van der Waals surface area contributed by atoms with Crippen molar-refractivity contribution in [3.63, 3.8) is 0 Å². The van der Waals surface area contributed by atoms with Crippen LogP contribution >= 0.6 is 31.9 Å².